The van der Waals surface area contributed by atoms with Gasteiger partial charge in [-0.05, 0) is 19.1 Å². The number of pyridine rings is 1. The average Bonchev–Trinajstić information content (AvgIpc) is 2.86. The topological polar surface area (TPSA) is 64.3 Å². The molecule has 1 unspecified atom stereocenters. The Kier molecular flexibility index (Phi) is 3.16. The van der Waals surface area contributed by atoms with E-state index in [-0.39, 0.29) is 6.10 Å². The van der Waals surface area contributed by atoms with E-state index in [1.54, 1.807) is 6.92 Å². The summed E-state index contributed by atoms with van der Waals surface area (Å²) in [5.74, 6) is 1.18. The minimum atomic E-state index is -0.139. The van der Waals surface area contributed by atoms with E-state index in [1.165, 1.54) is 0 Å². The molecule has 1 aliphatic rings. The predicted molar refractivity (Wildman–Crippen MR) is 68.9 cm³/mol. The lowest BCUT2D eigenvalue weighted by atomic mass is 10.2. The summed E-state index contributed by atoms with van der Waals surface area (Å²) >= 11 is 0. The standard InChI is InChI=1S/C13H16N4O2/c1-9-7-11(3-4-14-9)17-5-6-18-12(8-17)13-15-10(2)19-16-13/h3-4,7,12H,5-6,8H2,1-2H3. The van der Waals surface area contributed by atoms with Gasteiger partial charge in [0.1, 0.15) is 6.10 Å². The normalized spacial score (nSPS) is 19.7. The molecule has 1 aliphatic heterocycles. The fourth-order valence-electron chi connectivity index (χ4n) is 2.21. The summed E-state index contributed by atoms with van der Waals surface area (Å²) in [5, 5.41) is 3.93. The second-order valence-electron chi connectivity index (χ2n) is 4.63. The van der Waals surface area contributed by atoms with Crippen LogP contribution in [0, 0.1) is 13.8 Å². The van der Waals surface area contributed by atoms with Crippen LogP contribution in [0.4, 0.5) is 5.69 Å². The van der Waals surface area contributed by atoms with Crippen molar-refractivity contribution in [1.82, 2.24) is 15.1 Å². The van der Waals surface area contributed by atoms with Crippen molar-refractivity contribution in [2.45, 2.75) is 20.0 Å². The molecule has 19 heavy (non-hydrogen) atoms. The summed E-state index contributed by atoms with van der Waals surface area (Å²) in [6.07, 6.45) is 1.69. The van der Waals surface area contributed by atoms with E-state index in [1.807, 2.05) is 19.2 Å². The molecule has 2 aromatic heterocycles. The van der Waals surface area contributed by atoms with Gasteiger partial charge >= 0.3 is 0 Å². The zero-order valence-corrected chi connectivity index (χ0v) is 11.0. The molecule has 0 amide bonds. The smallest absolute Gasteiger partial charge is 0.223 e. The van der Waals surface area contributed by atoms with Crippen LogP contribution in [-0.2, 0) is 4.74 Å². The SMILES string of the molecule is Cc1cc(N2CCOC(c3noc(C)n3)C2)ccn1. The number of aromatic nitrogens is 3. The number of ether oxygens (including phenoxy) is 1. The van der Waals surface area contributed by atoms with Crippen LogP contribution < -0.4 is 4.90 Å². The van der Waals surface area contributed by atoms with E-state index < -0.39 is 0 Å². The van der Waals surface area contributed by atoms with E-state index in [4.69, 9.17) is 9.26 Å². The van der Waals surface area contributed by atoms with Crippen LogP contribution in [0.3, 0.4) is 0 Å². The molecular formula is C13H16N4O2. The van der Waals surface area contributed by atoms with Gasteiger partial charge in [0.15, 0.2) is 0 Å². The lowest BCUT2D eigenvalue weighted by molar-refractivity contribution is 0.0326. The highest BCUT2D eigenvalue weighted by Gasteiger charge is 2.26. The van der Waals surface area contributed by atoms with Crippen LogP contribution in [-0.4, -0.2) is 34.8 Å². The van der Waals surface area contributed by atoms with Gasteiger partial charge in [-0.1, -0.05) is 5.16 Å². The monoisotopic (exact) mass is 260 g/mol. The van der Waals surface area contributed by atoms with Crippen molar-refractivity contribution < 1.29 is 9.26 Å². The van der Waals surface area contributed by atoms with E-state index in [9.17, 15) is 0 Å². The molecule has 100 valence electrons. The molecule has 0 N–H and O–H groups in total. The first-order valence-corrected chi connectivity index (χ1v) is 6.32. The van der Waals surface area contributed by atoms with Gasteiger partial charge in [-0.2, -0.15) is 4.98 Å². The fourth-order valence-corrected chi connectivity index (χ4v) is 2.21. The molecule has 6 nitrogen and oxygen atoms in total. The Hall–Kier alpha value is -1.95. The molecule has 0 saturated carbocycles. The molecule has 0 spiro atoms. The largest absolute Gasteiger partial charge is 0.366 e. The van der Waals surface area contributed by atoms with Crippen molar-refractivity contribution in [3.63, 3.8) is 0 Å². The first-order chi connectivity index (χ1) is 9.22. The van der Waals surface area contributed by atoms with Gasteiger partial charge in [0.2, 0.25) is 11.7 Å². The van der Waals surface area contributed by atoms with E-state index in [2.05, 4.69) is 26.1 Å². The molecule has 3 heterocycles. The third-order valence-corrected chi connectivity index (χ3v) is 3.14. The summed E-state index contributed by atoms with van der Waals surface area (Å²) < 4.78 is 10.7. The van der Waals surface area contributed by atoms with E-state index >= 15 is 0 Å². The fraction of sp³-hybridized carbons (Fsp3) is 0.462. The first-order valence-electron chi connectivity index (χ1n) is 6.32. The lowest BCUT2D eigenvalue weighted by Gasteiger charge is -2.33. The van der Waals surface area contributed by atoms with Gasteiger partial charge in [0.25, 0.3) is 0 Å². The maximum absolute atomic E-state index is 5.72. The van der Waals surface area contributed by atoms with Gasteiger partial charge in [-0.15, -0.1) is 0 Å². The molecular weight excluding hydrogens is 244 g/mol. The molecule has 6 heteroatoms. The minimum Gasteiger partial charge on any atom is -0.366 e. The molecule has 0 aromatic carbocycles. The number of morpholine rings is 1. The van der Waals surface area contributed by atoms with Crippen molar-refractivity contribution >= 4 is 5.69 Å². The second kappa shape index (κ2) is 4.97. The molecule has 0 aliphatic carbocycles. The second-order valence-corrected chi connectivity index (χ2v) is 4.63. The van der Waals surface area contributed by atoms with Crippen molar-refractivity contribution in [1.29, 1.82) is 0 Å². The Labute approximate surface area is 111 Å². The summed E-state index contributed by atoms with van der Waals surface area (Å²) in [5.41, 5.74) is 2.16. The number of aryl methyl sites for hydroxylation is 2. The molecule has 0 bridgehead atoms. The molecule has 1 fully saturated rings. The number of hydrogen-bond acceptors (Lipinski definition) is 6. The van der Waals surface area contributed by atoms with Crippen LogP contribution in [0.1, 0.15) is 23.5 Å². The predicted octanol–water partition coefficient (Wildman–Crippen LogP) is 1.66. The average molecular weight is 260 g/mol. The van der Waals surface area contributed by atoms with Crippen LogP contribution in [0.2, 0.25) is 0 Å². The Balaban J connectivity index is 1.78. The Morgan fingerprint density at radius 2 is 2.26 bits per heavy atom. The van der Waals surface area contributed by atoms with Gasteiger partial charge < -0.3 is 14.2 Å². The summed E-state index contributed by atoms with van der Waals surface area (Å²) in [6.45, 7) is 6.01. The molecule has 3 rings (SSSR count). The first kappa shape index (κ1) is 12.1. The molecule has 2 aromatic rings. The Morgan fingerprint density at radius 3 is 3.00 bits per heavy atom. The maximum Gasteiger partial charge on any atom is 0.223 e. The molecule has 1 saturated heterocycles. The van der Waals surface area contributed by atoms with Crippen LogP contribution in [0.25, 0.3) is 0 Å². The number of rotatable bonds is 2. The highest BCUT2D eigenvalue weighted by Crippen LogP contribution is 2.24. The number of anilines is 1. The van der Waals surface area contributed by atoms with Gasteiger partial charge in [0, 0.05) is 31.0 Å². The summed E-state index contributed by atoms with van der Waals surface area (Å²) in [4.78, 5) is 10.7. The van der Waals surface area contributed by atoms with Gasteiger partial charge in [-0.3, -0.25) is 4.98 Å². The van der Waals surface area contributed by atoms with E-state index in [0.717, 1.165) is 24.5 Å². The zero-order valence-electron chi connectivity index (χ0n) is 11.0. The Bertz CT molecular complexity index is 569. The van der Waals surface area contributed by atoms with E-state index in [0.29, 0.717) is 18.3 Å². The third kappa shape index (κ3) is 2.58. The van der Waals surface area contributed by atoms with Crippen molar-refractivity contribution in [2.75, 3.05) is 24.6 Å². The quantitative estimate of drug-likeness (QED) is 0.818. The lowest BCUT2D eigenvalue weighted by Crippen LogP contribution is -2.38. The van der Waals surface area contributed by atoms with Crippen molar-refractivity contribution in [3.8, 4) is 0 Å². The van der Waals surface area contributed by atoms with Crippen molar-refractivity contribution in [2.24, 2.45) is 0 Å². The van der Waals surface area contributed by atoms with Crippen LogP contribution in [0.5, 0.6) is 0 Å². The summed E-state index contributed by atoms with van der Waals surface area (Å²) in [6, 6.07) is 4.08. The highest BCUT2D eigenvalue weighted by molar-refractivity contribution is 5.47. The van der Waals surface area contributed by atoms with Crippen molar-refractivity contribution in [3.05, 3.63) is 35.7 Å². The van der Waals surface area contributed by atoms with Crippen LogP contribution >= 0.6 is 0 Å². The maximum atomic E-state index is 5.72. The molecule has 1 atom stereocenters. The zero-order chi connectivity index (χ0) is 13.2. The third-order valence-electron chi connectivity index (χ3n) is 3.14. The number of nitrogens with zero attached hydrogens (tertiary/aromatic N) is 4. The summed E-state index contributed by atoms with van der Waals surface area (Å²) in [7, 11) is 0. The minimum absolute atomic E-state index is 0.139. The van der Waals surface area contributed by atoms with Gasteiger partial charge in [0.05, 0.1) is 13.2 Å². The van der Waals surface area contributed by atoms with Crippen LogP contribution in [0.15, 0.2) is 22.9 Å². The van der Waals surface area contributed by atoms with Gasteiger partial charge in [-0.25, -0.2) is 0 Å². The molecule has 0 radical (unpaired) electrons. The highest BCUT2D eigenvalue weighted by atomic mass is 16.5. The number of hydrogen-bond donors (Lipinski definition) is 0. The Morgan fingerprint density at radius 1 is 1.37 bits per heavy atom.